The highest BCUT2D eigenvalue weighted by atomic mass is 16.7. The van der Waals surface area contributed by atoms with E-state index in [0.29, 0.717) is 0 Å². The van der Waals surface area contributed by atoms with Crippen LogP contribution in [-0.4, -0.2) is 40.5 Å². The zero-order chi connectivity index (χ0) is 9.11. The summed E-state index contributed by atoms with van der Waals surface area (Å²) in [4.78, 5) is 9.77. The Morgan fingerprint density at radius 1 is 1.45 bits per heavy atom. The molecule has 5 heteroatoms. The second-order valence-corrected chi connectivity index (χ2v) is 1.38. The van der Waals surface area contributed by atoms with Crippen LogP contribution in [0.25, 0.3) is 0 Å². The van der Waals surface area contributed by atoms with Crippen LogP contribution in [0.15, 0.2) is 0 Å². The molecule has 0 aromatic heterocycles. The third-order valence-corrected chi connectivity index (χ3v) is 0.796. The monoisotopic (exact) mass is 164 g/mol. The molecule has 0 aliphatic heterocycles. The van der Waals surface area contributed by atoms with Gasteiger partial charge in [-0.15, -0.1) is 0 Å². The number of methoxy groups -OCH3 is 2. The highest BCUT2D eigenvalue weighted by Crippen LogP contribution is 1.81. The Labute approximate surface area is 66.8 Å². The average molecular weight is 164 g/mol. The summed E-state index contributed by atoms with van der Waals surface area (Å²) in [6, 6.07) is 0. The van der Waals surface area contributed by atoms with Crippen molar-refractivity contribution in [2.24, 2.45) is 5.73 Å². The van der Waals surface area contributed by atoms with Crippen molar-refractivity contribution in [1.29, 1.82) is 0 Å². The molecule has 5 nitrogen and oxygen atoms in total. The van der Waals surface area contributed by atoms with Crippen LogP contribution in [-0.2, 0) is 14.3 Å². The van der Waals surface area contributed by atoms with Gasteiger partial charge in [-0.25, -0.2) is 0 Å². The maximum atomic E-state index is 9.77. The number of rotatable bonds is 5. The number of hydrogen-bond donors (Lipinski definition) is 2. The first-order valence-corrected chi connectivity index (χ1v) is 3.15. The fourth-order valence-corrected chi connectivity index (χ4v) is 0.407. The van der Waals surface area contributed by atoms with Gasteiger partial charge in [-0.3, -0.25) is 5.32 Å². The molecule has 0 heterocycles. The molecule has 0 spiro atoms. The molecule has 0 atom stereocenters. The van der Waals surface area contributed by atoms with E-state index in [0.717, 1.165) is 6.29 Å². The molecule has 11 heavy (non-hydrogen) atoms. The van der Waals surface area contributed by atoms with E-state index in [1.54, 1.807) is 0 Å². The topological polar surface area (TPSA) is 73.6 Å². The van der Waals surface area contributed by atoms with Crippen molar-refractivity contribution in [2.75, 3.05) is 27.8 Å². The van der Waals surface area contributed by atoms with Crippen LogP contribution in [0.5, 0.6) is 0 Å². The predicted octanol–water partition coefficient (Wildman–Crippen LogP) is -1.07. The van der Waals surface area contributed by atoms with E-state index >= 15 is 0 Å². The summed E-state index contributed by atoms with van der Waals surface area (Å²) < 4.78 is 9.42. The highest BCUT2D eigenvalue weighted by Gasteiger charge is 1.99. The molecule has 0 aliphatic rings. The number of hydrogen-bond acceptors (Lipinski definition) is 5. The van der Waals surface area contributed by atoms with Crippen LogP contribution in [0.1, 0.15) is 0 Å². The maximum Gasteiger partial charge on any atom is 0.215 e. The normalized spacial score (nSPS) is 8.82. The summed E-state index contributed by atoms with van der Waals surface area (Å²) in [5.41, 5.74) is 4.50. The molecule has 0 fully saturated rings. The summed E-state index contributed by atoms with van der Waals surface area (Å²) in [5, 5.41) is 2.66. The van der Waals surface area contributed by atoms with Crippen LogP contribution in [0.2, 0.25) is 0 Å². The minimum absolute atomic E-state index is 0.242. The Morgan fingerprint density at radius 3 is 2.18 bits per heavy atom. The van der Waals surface area contributed by atoms with Crippen molar-refractivity contribution in [3.05, 3.63) is 0 Å². The molecule has 0 rings (SSSR count). The molecule has 0 radical (unpaired) electrons. The highest BCUT2D eigenvalue weighted by molar-refractivity contribution is 5.51. The Balaban J connectivity index is 0. The summed E-state index contributed by atoms with van der Waals surface area (Å²) in [6.45, 7) is 0.242. The quantitative estimate of drug-likeness (QED) is 0.399. The van der Waals surface area contributed by atoms with Gasteiger partial charge in [-0.2, -0.15) is 0 Å². The fraction of sp³-hybridized carbons (Fsp3) is 0.833. The first-order valence-electron chi connectivity index (χ1n) is 3.15. The molecule has 0 saturated heterocycles. The summed E-state index contributed by atoms with van der Waals surface area (Å²) in [5.74, 6) is 0. The van der Waals surface area contributed by atoms with E-state index in [1.807, 2.05) is 0 Å². The molecule has 68 valence electrons. The summed E-state index contributed by atoms with van der Waals surface area (Å²) >= 11 is 0. The SMILES string of the molecule is CN.COC(NCC=O)OC. The van der Waals surface area contributed by atoms with Crippen LogP contribution in [0, 0.1) is 0 Å². The molecule has 0 aromatic rings. The first-order chi connectivity index (χ1) is 5.35. The van der Waals surface area contributed by atoms with Crippen LogP contribution in [0.3, 0.4) is 0 Å². The number of aldehydes is 1. The lowest BCUT2D eigenvalue weighted by Gasteiger charge is -2.11. The molecular weight excluding hydrogens is 148 g/mol. The standard InChI is InChI=1S/C5H11NO3.CH5N/c1-8-5(9-2)6-3-4-7;1-2/h4-6H,3H2,1-2H3;2H2,1H3. The lowest BCUT2D eigenvalue weighted by molar-refractivity contribution is -0.128. The van der Waals surface area contributed by atoms with Gasteiger partial charge in [0.05, 0.1) is 6.54 Å². The van der Waals surface area contributed by atoms with Crippen molar-refractivity contribution in [1.82, 2.24) is 5.32 Å². The van der Waals surface area contributed by atoms with E-state index in [9.17, 15) is 4.79 Å². The van der Waals surface area contributed by atoms with E-state index in [4.69, 9.17) is 9.47 Å². The van der Waals surface area contributed by atoms with E-state index in [2.05, 4.69) is 11.1 Å². The third kappa shape index (κ3) is 9.51. The van der Waals surface area contributed by atoms with Gasteiger partial charge in [0.25, 0.3) is 0 Å². The lowest BCUT2D eigenvalue weighted by Crippen LogP contribution is -2.33. The number of carbonyl (C=O) groups excluding carboxylic acids is 1. The second-order valence-electron chi connectivity index (χ2n) is 1.38. The smallest absolute Gasteiger partial charge is 0.215 e. The number of ether oxygens (including phenoxy) is 2. The van der Waals surface area contributed by atoms with Gasteiger partial charge in [-0.05, 0) is 7.05 Å². The average Bonchev–Trinajstić information content (AvgIpc) is 2.10. The van der Waals surface area contributed by atoms with E-state index < -0.39 is 6.41 Å². The number of nitrogens with two attached hydrogens (primary N) is 1. The molecule has 0 aromatic carbocycles. The second kappa shape index (κ2) is 12.2. The maximum absolute atomic E-state index is 9.77. The molecule has 0 amide bonds. The van der Waals surface area contributed by atoms with Gasteiger partial charge in [0, 0.05) is 14.2 Å². The molecular formula is C6H16N2O3. The molecule has 0 unspecified atom stereocenters. The van der Waals surface area contributed by atoms with E-state index in [1.165, 1.54) is 21.3 Å². The molecule has 0 saturated carbocycles. The Hall–Kier alpha value is -0.490. The molecule has 0 aliphatic carbocycles. The lowest BCUT2D eigenvalue weighted by atomic mass is 10.7. The first kappa shape index (κ1) is 13.1. The fourth-order valence-electron chi connectivity index (χ4n) is 0.407. The van der Waals surface area contributed by atoms with E-state index in [-0.39, 0.29) is 6.54 Å². The zero-order valence-electron chi connectivity index (χ0n) is 7.16. The van der Waals surface area contributed by atoms with Crippen molar-refractivity contribution in [2.45, 2.75) is 6.41 Å². The van der Waals surface area contributed by atoms with Crippen LogP contribution in [0.4, 0.5) is 0 Å². The Kier molecular flexibility index (Phi) is 14.6. The summed E-state index contributed by atoms with van der Waals surface area (Å²) in [6.07, 6.45) is 0.264. The van der Waals surface area contributed by atoms with Crippen LogP contribution >= 0.6 is 0 Å². The summed E-state index contributed by atoms with van der Waals surface area (Å²) in [7, 11) is 4.48. The van der Waals surface area contributed by atoms with Crippen LogP contribution < -0.4 is 11.1 Å². The van der Waals surface area contributed by atoms with Gasteiger partial charge in [0.15, 0.2) is 0 Å². The minimum Gasteiger partial charge on any atom is -0.343 e. The number of carbonyl (C=O) groups is 1. The van der Waals surface area contributed by atoms with Gasteiger partial charge in [0.1, 0.15) is 6.29 Å². The van der Waals surface area contributed by atoms with Crippen molar-refractivity contribution < 1.29 is 14.3 Å². The Bertz CT molecular complexity index is 76.2. The minimum atomic E-state index is -0.477. The van der Waals surface area contributed by atoms with Crippen molar-refractivity contribution in [3.8, 4) is 0 Å². The van der Waals surface area contributed by atoms with Crippen molar-refractivity contribution >= 4 is 6.29 Å². The zero-order valence-corrected chi connectivity index (χ0v) is 7.16. The molecule has 3 N–H and O–H groups in total. The van der Waals surface area contributed by atoms with Gasteiger partial charge in [-0.1, -0.05) is 0 Å². The Morgan fingerprint density at radius 2 is 1.91 bits per heavy atom. The van der Waals surface area contributed by atoms with Gasteiger partial charge >= 0.3 is 0 Å². The largest absolute Gasteiger partial charge is 0.343 e. The van der Waals surface area contributed by atoms with Gasteiger partial charge < -0.3 is 20.0 Å². The predicted molar refractivity (Wildman–Crippen MR) is 42.0 cm³/mol. The number of nitrogens with one attached hydrogen (secondary N) is 1. The van der Waals surface area contributed by atoms with Gasteiger partial charge in [0.2, 0.25) is 6.41 Å². The third-order valence-electron chi connectivity index (χ3n) is 0.796. The molecule has 0 bridgehead atoms. The van der Waals surface area contributed by atoms with Crippen molar-refractivity contribution in [3.63, 3.8) is 0 Å².